The molecule has 0 fully saturated rings. The van der Waals surface area contributed by atoms with E-state index in [1.54, 1.807) is 0 Å². The number of nitrogens with one attached hydrogen (secondary N) is 1. The van der Waals surface area contributed by atoms with Crippen molar-refractivity contribution in [1.82, 2.24) is 15.2 Å². The van der Waals surface area contributed by atoms with Crippen LogP contribution in [-0.4, -0.2) is 47.0 Å². The highest BCUT2D eigenvalue weighted by Gasteiger charge is 2.22. The standard InChI is InChI=1S/C10H11N3O4/c1-11-10(17)13(2)8(14)6-3-4-12-5-7(6)9(15)16/h3-5H,1-2H3,(H,11,17)(H,15,16). The van der Waals surface area contributed by atoms with E-state index < -0.39 is 17.9 Å². The molecule has 0 aliphatic carbocycles. The lowest BCUT2D eigenvalue weighted by molar-refractivity contribution is 0.0684. The van der Waals surface area contributed by atoms with Crippen LogP contribution in [0.4, 0.5) is 4.79 Å². The van der Waals surface area contributed by atoms with Gasteiger partial charge >= 0.3 is 12.0 Å². The van der Waals surface area contributed by atoms with Crippen LogP contribution in [0.3, 0.4) is 0 Å². The Morgan fingerprint density at radius 2 is 2.00 bits per heavy atom. The van der Waals surface area contributed by atoms with Crippen LogP contribution in [0.25, 0.3) is 0 Å². The average Bonchev–Trinajstić information content (AvgIpc) is 2.35. The highest BCUT2D eigenvalue weighted by atomic mass is 16.4. The van der Waals surface area contributed by atoms with E-state index in [1.807, 2.05) is 0 Å². The molecule has 0 unspecified atom stereocenters. The fraction of sp³-hybridized carbons (Fsp3) is 0.200. The molecule has 0 aromatic carbocycles. The Morgan fingerprint density at radius 1 is 1.35 bits per heavy atom. The third-order valence-electron chi connectivity index (χ3n) is 2.11. The van der Waals surface area contributed by atoms with Gasteiger partial charge in [0.05, 0.1) is 11.1 Å². The lowest BCUT2D eigenvalue weighted by Crippen LogP contribution is -2.39. The number of rotatable bonds is 2. The van der Waals surface area contributed by atoms with Gasteiger partial charge in [-0.3, -0.25) is 14.7 Å². The van der Waals surface area contributed by atoms with Gasteiger partial charge in [-0.25, -0.2) is 9.59 Å². The molecule has 3 amide bonds. The summed E-state index contributed by atoms with van der Waals surface area (Å²) in [4.78, 5) is 38.4. The first-order chi connectivity index (χ1) is 7.99. The normalized spacial score (nSPS) is 9.53. The maximum atomic E-state index is 11.8. The topological polar surface area (TPSA) is 99.6 Å². The van der Waals surface area contributed by atoms with Gasteiger partial charge in [0.2, 0.25) is 0 Å². The number of carboxylic acid groups (broad SMARTS) is 1. The molecule has 1 heterocycles. The molecule has 0 saturated heterocycles. The van der Waals surface area contributed by atoms with Gasteiger partial charge in [-0.2, -0.15) is 0 Å². The summed E-state index contributed by atoms with van der Waals surface area (Å²) in [6.45, 7) is 0. The van der Waals surface area contributed by atoms with Crippen LogP contribution >= 0.6 is 0 Å². The quantitative estimate of drug-likeness (QED) is 0.764. The van der Waals surface area contributed by atoms with Crippen LogP contribution in [0.2, 0.25) is 0 Å². The monoisotopic (exact) mass is 237 g/mol. The van der Waals surface area contributed by atoms with E-state index in [4.69, 9.17) is 5.11 Å². The van der Waals surface area contributed by atoms with Crippen LogP contribution in [0.1, 0.15) is 20.7 Å². The number of carbonyl (C=O) groups excluding carboxylic acids is 2. The van der Waals surface area contributed by atoms with Crippen LogP contribution in [0, 0.1) is 0 Å². The SMILES string of the molecule is CNC(=O)N(C)C(=O)c1ccncc1C(=O)O. The summed E-state index contributed by atoms with van der Waals surface area (Å²) >= 11 is 0. The summed E-state index contributed by atoms with van der Waals surface area (Å²) in [5.41, 5.74) is -0.327. The van der Waals surface area contributed by atoms with Gasteiger partial charge in [0.15, 0.2) is 0 Å². The molecule has 1 aromatic heterocycles. The highest BCUT2D eigenvalue weighted by Crippen LogP contribution is 2.09. The second-order valence-corrected chi connectivity index (χ2v) is 3.15. The number of amides is 3. The van der Waals surface area contributed by atoms with Gasteiger partial charge in [-0.05, 0) is 6.07 Å². The molecular weight excluding hydrogens is 226 g/mol. The summed E-state index contributed by atoms with van der Waals surface area (Å²) in [7, 11) is 2.63. The van der Waals surface area contributed by atoms with Crippen molar-refractivity contribution in [3.8, 4) is 0 Å². The molecule has 0 spiro atoms. The van der Waals surface area contributed by atoms with Crippen molar-refractivity contribution < 1.29 is 19.5 Å². The Morgan fingerprint density at radius 3 is 2.53 bits per heavy atom. The van der Waals surface area contributed by atoms with E-state index >= 15 is 0 Å². The number of aromatic nitrogens is 1. The van der Waals surface area contributed by atoms with E-state index in [1.165, 1.54) is 26.4 Å². The molecule has 0 atom stereocenters. The first kappa shape index (κ1) is 12.6. The van der Waals surface area contributed by atoms with Crippen molar-refractivity contribution in [2.24, 2.45) is 0 Å². The molecule has 90 valence electrons. The summed E-state index contributed by atoms with van der Waals surface area (Å²) in [6, 6.07) is 0.633. The Balaban J connectivity index is 3.12. The molecule has 0 aliphatic rings. The second kappa shape index (κ2) is 5.06. The zero-order valence-corrected chi connectivity index (χ0v) is 9.30. The highest BCUT2D eigenvalue weighted by molar-refractivity contribution is 6.09. The van der Waals surface area contributed by atoms with Gasteiger partial charge in [0.25, 0.3) is 5.91 Å². The summed E-state index contributed by atoms with van der Waals surface area (Å²) < 4.78 is 0. The molecule has 0 aliphatic heterocycles. The molecule has 2 N–H and O–H groups in total. The summed E-state index contributed by atoms with van der Waals surface area (Å²) in [5, 5.41) is 11.1. The Bertz CT molecular complexity index is 472. The van der Waals surface area contributed by atoms with Gasteiger partial charge in [0, 0.05) is 26.5 Å². The predicted octanol–water partition coefficient (Wildman–Crippen LogP) is 0.191. The molecule has 7 nitrogen and oxygen atoms in total. The number of carboxylic acids is 1. The summed E-state index contributed by atoms with van der Waals surface area (Å²) in [5.74, 6) is -1.98. The first-order valence-corrected chi connectivity index (χ1v) is 4.66. The minimum absolute atomic E-state index is 0.0846. The Hall–Kier alpha value is -2.44. The fourth-order valence-electron chi connectivity index (χ4n) is 1.19. The number of pyridine rings is 1. The molecule has 7 heteroatoms. The molecule has 1 rings (SSSR count). The number of hydrogen-bond donors (Lipinski definition) is 2. The van der Waals surface area contributed by atoms with E-state index in [9.17, 15) is 14.4 Å². The largest absolute Gasteiger partial charge is 0.478 e. The van der Waals surface area contributed by atoms with Crippen molar-refractivity contribution >= 4 is 17.9 Å². The molecule has 0 saturated carbocycles. The molecular formula is C10H11N3O4. The number of imide groups is 1. The fourth-order valence-corrected chi connectivity index (χ4v) is 1.19. The zero-order valence-electron chi connectivity index (χ0n) is 9.30. The predicted molar refractivity (Wildman–Crippen MR) is 57.7 cm³/mol. The van der Waals surface area contributed by atoms with Crippen LogP contribution < -0.4 is 5.32 Å². The van der Waals surface area contributed by atoms with E-state index in [2.05, 4.69) is 10.3 Å². The lowest BCUT2D eigenvalue weighted by Gasteiger charge is -2.15. The number of hydrogen-bond acceptors (Lipinski definition) is 4. The van der Waals surface area contributed by atoms with Gasteiger partial charge in [-0.1, -0.05) is 0 Å². The third kappa shape index (κ3) is 2.57. The van der Waals surface area contributed by atoms with Crippen molar-refractivity contribution in [2.45, 2.75) is 0 Å². The van der Waals surface area contributed by atoms with Gasteiger partial charge in [0.1, 0.15) is 0 Å². The Kier molecular flexibility index (Phi) is 3.76. The smallest absolute Gasteiger partial charge is 0.338 e. The van der Waals surface area contributed by atoms with Crippen molar-refractivity contribution in [1.29, 1.82) is 0 Å². The van der Waals surface area contributed by atoms with E-state index in [0.717, 1.165) is 11.1 Å². The number of urea groups is 1. The lowest BCUT2D eigenvalue weighted by atomic mass is 10.1. The van der Waals surface area contributed by atoms with Crippen LogP contribution in [-0.2, 0) is 0 Å². The van der Waals surface area contributed by atoms with Crippen LogP contribution in [0.5, 0.6) is 0 Å². The molecule has 1 aromatic rings. The van der Waals surface area contributed by atoms with Gasteiger partial charge < -0.3 is 10.4 Å². The summed E-state index contributed by atoms with van der Waals surface area (Å²) in [6.07, 6.45) is 2.35. The molecule has 0 bridgehead atoms. The maximum absolute atomic E-state index is 11.8. The third-order valence-corrected chi connectivity index (χ3v) is 2.11. The second-order valence-electron chi connectivity index (χ2n) is 3.15. The Labute approximate surface area is 97.1 Å². The zero-order chi connectivity index (χ0) is 13.0. The minimum atomic E-state index is -1.27. The molecule has 17 heavy (non-hydrogen) atoms. The minimum Gasteiger partial charge on any atom is -0.478 e. The van der Waals surface area contributed by atoms with Crippen molar-refractivity contribution in [3.63, 3.8) is 0 Å². The maximum Gasteiger partial charge on any atom is 0.338 e. The van der Waals surface area contributed by atoms with Crippen molar-refractivity contribution in [2.75, 3.05) is 14.1 Å². The van der Waals surface area contributed by atoms with Crippen LogP contribution in [0.15, 0.2) is 18.5 Å². The molecule has 0 radical (unpaired) electrons. The number of aromatic carboxylic acids is 1. The van der Waals surface area contributed by atoms with Crippen molar-refractivity contribution in [3.05, 3.63) is 29.6 Å². The number of carbonyl (C=O) groups is 3. The van der Waals surface area contributed by atoms with E-state index in [-0.39, 0.29) is 11.1 Å². The van der Waals surface area contributed by atoms with E-state index in [0.29, 0.717) is 0 Å². The number of nitrogens with zero attached hydrogens (tertiary/aromatic N) is 2. The van der Waals surface area contributed by atoms with Gasteiger partial charge in [-0.15, -0.1) is 0 Å². The first-order valence-electron chi connectivity index (χ1n) is 4.66. The average molecular weight is 237 g/mol.